The third kappa shape index (κ3) is 2.30. The molecule has 0 amide bonds. The number of benzene rings is 1. The number of aliphatic hydroxyl groups excluding tert-OH is 1. The van der Waals surface area contributed by atoms with E-state index in [1.165, 1.54) is 17.0 Å². The summed E-state index contributed by atoms with van der Waals surface area (Å²) < 4.78 is 2.25. The molecule has 0 saturated carbocycles. The lowest BCUT2D eigenvalue weighted by Crippen LogP contribution is -2.27. The predicted molar refractivity (Wildman–Crippen MR) is 87.2 cm³/mol. The summed E-state index contributed by atoms with van der Waals surface area (Å²) in [6.45, 7) is 4.50. The number of allylic oxidation sites excluding steroid dienone is 3. The minimum absolute atomic E-state index is 0.0129. The summed E-state index contributed by atoms with van der Waals surface area (Å²) in [6.07, 6.45) is 11.6. The maximum absolute atomic E-state index is 10.0. The highest BCUT2D eigenvalue weighted by atomic mass is 16.3. The van der Waals surface area contributed by atoms with Crippen molar-refractivity contribution in [2.75, 3.05) is 7.05 Å². The van der Waals surface area contributed by atoms with Crippen molar-refractivity contribution in [1.82, 2.24) is 0 Å². The van der Waals surface area contributed by atoms with Gasteiger partial charge in [0.05, 0.1) is 11.5 Å². The average molecular weight is 280 g/mol. The van der Waals surface area contributed by atoms with Gasteiger partial charge in [0.25, 0.3) is 0 Å². The Hall–Kier alpha value is -1.93. The van der Waals surface area contributed by atoms with Crippen LogP contribution in [0.3, 0.4) is 0 Å². The van der Waals surface area contributed by atoms with E-state index >= 15 is 0 Å². The van der Waals surface area contributed by atoms with E-state index in [2.05, 4.69) is 61.9 Å². The summed E-state index contributed by atoms with van der Waals surface area (Å²) in [5.41, 5.74) is 3.87. The van der Waals surface area contributed by atoms with E-state index in [9.17, 15) is 5.11 Å². The van der Waals surface area contributed by atoms with E-state index in [1.807, 2.05) is 24.3 Å². The summed E-state index contributed by atoms with van der Waals surface area (Å²) >= 11 is 0. The van der Waals surface area contributed by atoms with Gasteiger partial charge in [0, 0.05) is 23.6 Å². The van der Waals surface area contributed by atoms with Gasteiger partial charge in [-0.25, -0.2) is 0 Å². The van der Waals surface area contributed by atoms with Gasteiger partial charge in [0.1, 0.15) is 7.05 Å². The monoisotopic (exact) mass is 280 g/mol. The second kappa shape index (κ2) is 5.12. The summed E-state index contributed by atoms with van der Waals surface area (Å²) in [4.78, 5) is 0. The number of nitrogens with zero attached hydrogens (tertiary/aromatic N) is 1. The molecule has 2 atom stereocenters. The molecule has 0 spiro atoms. The molecule has 1 heterocycles. The van der Waals surface area contributed by atoms with Gasteiger partial charge in [-0.15, -0.1) is 0 Å². The van der Waals surface area contributed by atoms with Crippen LogP contribution < -0.4 is 0 Å². The number of para-hydroxylation sites is 1. The summed E-state index contributed by atoms with van der Waals surface area (Å²) in [7, 11) is 2.11. The first-order chi connectivity index (χ1) is 10.0. The molecule has 1 aromatic carbocycles. The van der Waals surface area contributed by atoms with Gasteiger partial charge in [-0.3, -0.25) is 0 Å². The molecule has 2 unspecified atom stereocenters. The zero-order valence-electron chi connectivity index (χ0n) is 12.8. The first kappa shape index (κ1) is 14.0. The van der Waals surface area contributed by atoms with Crippen LogP contribution in [0.4, 0.5) is 5.69 Å². The molecule has 1 aromatic rings. The highest BCUT2D eigenvalue weighted by Crippen LogP contribution is 2.39. The van der Waals surface area contributed by atoms with Gasteiger partial charge in [-0.1, -0.05) is 48.6 Å². The minimum Gasteiger partial charge on any atom is -0.388 e. The molecule has 2 heteroatoms. The van der Waals surface area contributed by atoms with Gasteiger partial charge in [0.15, 0.2) is 5.71 Å². The second-order valence-electron chi connectivity index (χ2n) is 6.28. The lowest BCUT2D eigenvalue weighted by Gasteiger charge is -2.17. The van der Waals surface area contributed by atoms with Crippen LogP contribution >= 0.6 is 0 Å². The molecule has 0 bridgehead atoms. The van der Waals surface area contributed by atoms with Gasteiger partial charge < -0.3 is 5.11 Å². The Morgan fingerprint density at radius 1 is 1.14 bits per heavy atom. The maximum atomic E-state index is 10.0. The molecule has 108 valence electrons. The lowest BCUT2D eigenvalue weighted by atomic mass is 9.81. The van der Waals surface area contributed by atoms with Crippen molar-refractivity contribution in [1.29, 1.82) is 0 Å². The predicted octanol–water partition coefficient (Wildman–Crippen LogP) is 3.35. The first-order valence-electron chi connectivity index (χ1n) is 7.44. The Labute approximate surface area is 126 Å². The van der Waals surface area contributed by atoms with Gasteiger partial charge in [0.2, 0.25) is 5.69 Å². The fourth-order valence-corrected chi connectivity index (χ4v) is 3.29. The number of hydrogen-bond acceptors (Lipinski definition) is 1. The van der Waals surface area contributed by atoms with Crippen molar-refractivity contribution >= 4 is 11.4 Å². The largest absolute Gasteiger partial charge is 0.388 e. The molecule has 2 aliphatic rings. The van der Waals surface area contributed by atoms with Gasteiger partial charge in [-0.05, 0) is 13.8 Å². The van der Waals surface area contributed by atoms with E-state index < -0.39 is 6.10 Å². The SMILES string of the molecule is C[N+]1=C(/C=C\C2C=CC=CC2O)C(C)(C)c2ccccc21. The van der Waals surface area contributed by atoms with E-state index in [1.54, 1.807) is 0 Å². The van der Waals surface area contributed by atoms with E-state index in [-0.39, 0.29) is 11.3 Å². The standard InChI is InChI=1S/C19H22NO/c1-19(2)15-9-5-6-10-16(15)20(3)18(19)13-12-14-8-4-7-11-17(14)21/h4-14,17,21H,1-3H3/q+1/b13-12-. The van der Waals surface area contributed by atoms with Crippen LogP contribution in [0.1, 0.15) is 19.4 Å². The van der Waals surface area contributed by atoms with Crippen LogP contribution in [0.25, 0.3) is 0 Å². The highest BCUT2D eigenvalue weighted by Gasteiger charge is 2.42. The van der Waals surface area contributed by atoms with Crippen molar-refractivity contribution < 1.29 is 9.68 Å². The molecule has 1 aliphatic carbocycles. The smallest absolute Gasteiger partial charge is 0.209 e. The molecule has 0 aromatic heterocycles. The lowest BCUT2D eigenvalue weighted by molar-refractivity contribution is -0.401. The van der Waals surface area contributed by atoms with Crippen molar-refractivity contribution in [3.63, 3.8) is 0 Å². The Balaban J connectivity index is 1.95. The topological polar surface area (TPSA) is 23.2 Å². The minimum atomic E-state index is -0.427. The molecule has 3 rings (SSSR count). The van der Waals surface area contributed by atoms with E-state index in [0.717, 1.165) is 0 Å². The number of rotatable bonds is 2. The first-order valence-corrected chi connectivity index (χ1v) is 7.44. The van der Waals surface area contributed by atoms with Crippen LogP contribution in [-0.2, 0) is 5.41 Å². The van der Waals surface area contributed by atoms with Crippen LogP contribution in [0.5, 0.6) is 0 Å². The van der Waals surface area contributed by atoms with Crippen molar-refractivity contribution in [2.24, 2.45) is 5.92 Å². The Morgan fingerprint density at radius 3 is 2.57 bits per heavy atom. The summed E-state index contributed by atoms with van der Waals surface area (Å²) in [6, 6.07) is 8.54. The molecule has 1 aliphatic heterocycles. The Bertz CT molecular complexity index is 677. The molecule has 1 N–H and O–H groups in total. The fraction of sp³-hybridized carbons (Fsp3) is 0.316. The number of fused-ring (bicyclic) bond motifs is 1. The normalized spacial score (nSPS) is 26.7. The quantitative estimate of drug-likeness (QED) is 0.825. The van der Waals surface area contributed by atoms with Crippen molar-refractivity contribution in [3.05, 3.63) is 66.3 Å². The summed E-state index contributed by atoms with van der Waals surface area (Å²) in [5.74, 6) is 0.0513. The van der Waals surface area contributed by atoms with Crippen LogP contribution in [-0.4, -0.2) is 28.5 Å². The summed E-state index contributed by atoms with van der Waals surface area (Å²) in [5, 5.41) is 10.0. The maximum Gasteiger partial charge on any atom is 0.209 e. The Kier molecular flexibility index (Phi) is 3.42. The molecule has 21 heavy (non-hydrogen) atoms. The van der Waals surface area contributed by atoms with E-state index in [0.29, 0.717) is 0 Å². The number of aliphatic hydroxyl groups is 1. The molecule has 0 saturated heterocycles. The van der Waals surface area contributed by atoms with Crippen molar-refractivity contribution in [2.45, 2.75) is 25.4 Å². The highest BCUT2D eigenvalue weighted by molar-refractivity contribution is 6.03. The van der Waals surface area contributed by atoms with Crippen molar-refractivity contribution in [3.8, 4) is 0 Å². The molecular weight excluding hydrogens is 258 g/mol. The third-order valence-corrected chi connectivity index (χ3v) is 4.56. The van der Waals surface area contributed by atoms with Gasteiger partial charge >= 0.3 is 0 Å². The third-order valence-electron chi connectivity index (χ3n) is 4.56. The van der Waals surface area contributed by atoms with Crippen LogP contribution in [0, 0.1) is 5.92 Å². The second-order valence-corrected chi connectivity index (χ2v) is 6.28. The number of hydrogen-bond donors (Lipinski definition) is 1. The molecular formula is C19H22NO+. The fourth-order valence-electron chi connectivity index (χ4n) is 3.29. The zero-order valence-corrected chi connectivity index (χ0v) is 12.8. The zero-order chi connectivity index (χ0) is 15.0. The molecule has 0 fully saturated rings. The molecule has 0 radical (unpaired) electrons. The van der Waals surface area contributed by atoms with E-state index in [4.69, 9.17) is 0 Å². The molecule has 2 nitrogen and oxygen atoms in total. The van der Waals surface area contributed by atoms with Crippen LogP contribution in [0.15, 0.2) is 60.7 Å². The average Bonchev–Trinajstić information content (AvgIpc) is 2.67. The van der Waals surface area contributed by atoms with Crippen LogP contribution in [0.2, 0.25) is 0 Å². The Morgan fingerprint density at radius 2 is 1.86 bits per heavy atom. The van der Waals surface area contributed by atoms with Gasteiger partial charge in [-0.2, -0.15) is 4.58 Å².